The zero-order valence-electron chi connectivity index (χ0n) is 12.7. The molecule has 1 heterocycles. The van der Waals surface area contributed by atoms with Crippen LogP contribution in [0.2, 0.25) is 0 Å². The summed E-state index contributed by atoms with van der Waals surface area (Å²) in [5, 5.41) is 6.40. The van der Waals surface area contributed by atoms with Crippen LogP contribution in [-0.4, -0.2) is 32.1 Å². The van der Waals surface area contributed by atoms with Gasteiger partial charge in [-0.1, -0.05) is 25.1 Å². The van der Waals surface area contributed by atoms with Crippen molar-refractivity contribution in [3.8, 4) is 5.75 Å². The molecule has 0 saturated carbocycles. The first-order chi connectivity index (χ1) is 9.70. The molecule has 1 aromatic carbocycles. The molecule has 1 amide bonds. The van der Waals surface area contributed by atoms with Gasteiger partial charge in [0.2, 0.25) is 5.91 Å². The van der Waals surface area contributed by atoms with E-state index in [0.717, 1.165) is 30.8 Å². The topological polar surface area (TPSA) is 50.4 Å². The van der Waals surface area contributed by atoms with Gasteiger partial charge in [0.05, 0.1) is 7.11 Å². The summed E-state index contributed by atoms with van der Waals surface area (Å²) in [6.45, 7) is 3.86. The Morgan fingerprint density at radius 2 is 2.24 bits per heavy atom. The Hall–Kier alpha value is -1.26. The Morgan fingerprint density at radius 1 is 1.48 bits per heavy atom. The molecule has 2 atom stereocenters. The molecule has 0 spiro atoms. The number of hydrogen-bond donors (Lipinski definition) is 2. The standard InChI is InChI=1S/C16H24N2O2.ClH/c1-12(14-7-3-4-8-15(14)20-2)10-16(19)18-11-13-6-5-9-17-13;/h3-4,7-8,12-13,17H,5-6,9-11H2,1-2H3,(H,18,19);1H. The number of halogens is 1. The van der Waals surface area contributed by atoms with Gasteiger partial charge < -0.3 is 15.4 Å². The molecule has 1 aliphatic rings. The van der Waals surface area contributed by atoms with E-state index in [2.05, 4.69) is 17.6 Å². The smallest absolute Gasteiger partial charge is 0.220 e. The fraction of sp³-hybridized carbons (Fsp3) is 0.562. The van der Waals surface area contributed by atoms with E-state index >= 15 is 0 Å². The Balaban J connectivity index is 0.00000220. The molecule has 2 rings (SSSR count). The molecule has 2 N–H and O–H groups in total. The van der Waals surface area contributed by atoms with Crippen molar-refractivity contribution in [2.45, 2.75) is 38.1 Å². The summed E-state index contributed by atoms with van der Waals surface area (Å²) < 4.78 is 5.35. The lowest BCUT2D eigenvalue weighted by Crippen LogP contribution is -2.37. The number of benzene rings is 1. The number of rotatable bonds is 6. The largest absolute Gasteiger partial charge is 0.496 e. The fourth-order valence-electron chi connectivity index (χ4n) is 2.70. The van der Waals surface area contributed by atoms with Crippen LogP contribution in [0.4, 0.5) is 0 Å². The van der Waals surface area contributed by atoms with Crippen LogP contribution in [0.3, 0.4) is 0 Å². The lowest BCUT2D eigenvalue weighted by molar-refractivity contribution is -0.121. The number of carbonyl (C=O) groups is 1. The van der Waals surface area contributed by atoms with Crippen molar-refractivity contribution in [1.29, 1.82) is 0 Å². The maximum Gasteiger partial charge on any atom is 0.220 e. The van der Waals surface area contributed by atoms with E-state index in [0.29, 0.717) is 12.5 Å². The van der Waals surface area contributed by atoms with E-state index in [1.54, 1.807) is 7.11 Å². The number of carbonyl (C=O) groups excluding carboxylic acids is 1. The van der Waals surface area contributed by atoms with E-state index in [1.165, 1.54) is 6.42 Å². The summed E-state index contributed by atoms with van der Waals surface area (Å²) in [6.07, 6.45) is 2.85. The monoisotopic (exact) mass is 312 g/mol. The molecule has 2 unspecified atom stereocenters. The first kappa shape index (κ1) is 17.8. The van der Waals surface area contributed by atoms with Crippen molar-refractivity contribution in [3.05, 3.63) is 29.8 Å². The maximum absolute atomic E-state index is 12.0. The third-order valence-corrected chi connectivity index (χ3v) is 3.87. The Morgan fingerprint density at radius 3 is 2.90 bits per heavy atom. The van der Waals surface area contributed by atoms with Crippen LogP contribution in [-0.2, 0) is 4.79 Å². The molecule has 1 saturated heterocycles. The van der Waals surface area contributed by atoms with Gasteiger partial charge in [-0.25, -0.2) is 0 Å². The Bertz CT molecular complexity index is 448. The highest BCUT2D eigenvalue weighted by Gasteiger charge is 2.17. The highest BCUT2D eigenvalue weighted by atomic mass is 35.5. The van der Waals surface area contributed by atoms with Crippen molar-refractivity contribution in [2.75, 3.05) is 20.2 Å². The molecule has 21 heavy (non-hydrogen) atoms. The summed E-state index contributed by atoms with van der Waals surface area (Å²) in [7, 11) is 1.66. The van der Waals surface area contributed by atoms with Crippen molar-refractivity contribution in [1.82, 2.24) is 10.6 Å². The van der Waals surface area contributed by atoms with Gasteiger partial charge in [-0.3, -0.25) is 4.79 Å². The van der Waals surface area contributed by atoms with Gasteiger partial charge in [-0.2, -0.15) is 0 Å². The summed E-state index contributed by atoms with van der Waals surface area (Å²) in [6, 6.07) is 8.33. The molecule has 0 radical (unpaired) electrons. The Labute approximate surface area is 133 Å². The molecular formula is C16H25ClN2O2. The first-order valence-electron chi connectivity index (χ1n) is 7.33. The second-order valence-electron chi connectivity index (χ2n) is 5.44. The third-order valence-electron chi connectivity index (χ3n) is 3.87. The normalized spacial score (nSPS) is 18.7. The van der Waals surface area contributed by atoms with Gasteiger partial charge in [0.1, 0.15) is 5.75 Å². The highest BCUT2D eigenvalue weighted by Crippen LogP contribution is 2.28. The van der Waals surface area contributed by atoms with Crippen molar-refractivity contribution < 1.29 is 9.53 Å². The molecular weight excluding hydrogens is 288 g/mol. The zero-order chi connectivity index (χ0) is 14.4. The van der Waals surface area contributed by atoms with Gasteiger partial charge in [0, 0.05) is 19.0 Å². The number of nitrogens with one attached hydrogen (secondary N) is 2. The quantitative estimate of drug-likeness (QED) is 0.848. The van der Waals surface area contributed by atoms with Crippen LogP contribution in [0.15, 0.2) is 24.3 Å². The van der Waals surface area contributed by atoms with Crippen LogP contribution in [0, 0.1) is 0 Å². The summed E-state index contributed by atoms with van der Waals surface area (Å²) >= 11 is 0. The summed E-state index contributed by atoms with van der Waals surface area (Å²) in [5.74, 6) is 1.12. The number of hydrogen-bond acceptors (Lipinski definition) is 3. The molecule has 1 fully saturated rings. The molecule has 0 aromatic heterocycles. The van der Waals surface area contributed by atoms with Crippen LogP contribution in [0.25, 0.3) is 0 Å². The van der Waals surface area contributed by atoms with Gasteiger partial charge in [-0.05, 0) is 36.9 Å². The second kappa shape index (κ2) is 8.90. The van der Waals surface area contributed by atoms with Crippen LogP contribution in [0.5, 0.6) is 5.75 Å². The summed E-state index contributed by atoms with van der Waals surface area (Å²) in [5.41, 5.74) is 1.09. The molecule has 0 bridgehead atoms. The van der Waals surface area contributed by atoms with Gasteiger partial charge in [0.15, 0.2) is 0 Å². The van der Waals surface area contributed by atoms with E-state index in [4.69, 9.17) is 4.74 Å². The van der Waals surface area contributed by atoms with Gasteiger partial charge >= 0.3 is 0 Å². The SMILES string of the molecule is COc1ccccc1C(C)CC(=O)NCC1CCCN1.Cl. The molecule has 4 nitrogen and oxygen atoms in total. The first-order valence-corrected chi connectivity index (χ1v) is 7.33. The summed E-state index contributed by atoms with van der Waals surface area (Å²) in [4.78, 5) is 12.0. The molecule has 118 valence electrons. The molecule has 1 aliphatic heterocycles. The zero-order valence-corrected chi connectivity index (χ0v) is 13.5. The predicted molar refractivity (Wildman–Crippen MR) is 87.3 cm³/mol. The highest BCUT2D eigenvalue weighted by molar-refractivity contribution is 5.85. The van der Waals surface area contributed by atoms with Crippen LogP contribution >= 0.6 is 12.4 Å². The van der Waals surface area contributed by atoms with E-state index in [9.17, 15) is 4.79 Å². The van der Waals surface area contributed by atoms with Crippen molar-refractivity contribution >= 4 is 18.3 Å². The molecule has 0 aliphatic carbocycles. The minimum atomic E-state index is 0. The Kier molecular flexibility index (Phi) is 7.54. The molecule has 5 heteroatoms. The molecule has 1 aromatic rings. The van der Waals surface area contributed by atoms with Gasteiger partial charge in [-0.15, -0.1) is 12.4 Å². The van der Waals surface area contributed by atoms with Crippen molar-refractivity contribution in [3.63, 3.8) is 0 Å². The number of ether oxygens (including phenoxy) is 1. The average molecular weight is 313 g/mol. The lowest BCUT2D eigenvalue weighted by Gasteiger charge is -2.16. The minimum absolute atomic E-state index is 0. The minimum Gasteiger partial charge on any atom is -0.496 e. The van der Waals surface area contributed by atoms with Crippen LogP contribution in [0.1, 0.15) is 37.7 Å². The van der Waals surface area contributed by atoms with E-state index < -0.39 is 0 Å². The van der Waals surface area contributed by atoms with E-state index in [-0.39, 0.29) is 24.2 Å². The van der Waals surface area contributed by atoms with Gasteiger partial charge in [0.25, 0.3) is 0 Å². The lowest BCUT2D eigenvalue weighted by atomic mass is 9.96. The number of amides is 1. The van der Waals surface area contributed by atoms with Crippen LogP contribution < -0.4 is 15.4 Å². The second-order valence-corrected chi connectivity index (χ2v) is 5.44. The van der Waals surface area contributed by atoms with E-state index in [1.807, 2.05) is 24.3 Å². The number of para-hydroxylation sites is 1. The maximum atomic E-state index is 12.0. The average Bonchev–Trinajstić information content (AvgIpc) is 2.98. The predicted octanol–water partition coefficient (Wildman–Crippen LogP) is 2.48. The fourth-order valence-corrected chi connectivity index (χ4v) is 2.70. The third kappa shape index (κ3) is 5.21. The number of methoxy groups -OCH3 is 1. The van der Waals surface area contributed by atoms with Crippen molar-refractivity contribution in [2.24, 2.45) is 0 Å².